The van der Waals surface area contributed by atoms with E-state index in [-0.39, 0.29) is 37.1 Å². The lowest BCUT2D eigenvalue weighted by atomic mass is 9.95. The number of carbonyl (C=O) groups is 5. The molecular weight excluding hydrogens is 583 g/mol. The third-order valence-electron chi connectivity index (χ3n) is 6.48. The van der Waals surface area contributed by atoms with Gasteiger partial charge in [-0.05, 0) is 37.3 Å². The van der Waals surface area contributed by atoms with Crippen LogP contribution in [0.2, 0.25) is 0 Å². The van der Waals surface area contributed by atoms with Crippen molar-refractivity contribution in [2.45, 2.75) is 45.2 Å². The van der Waals surface area contributed by atoms with Gasteiger partial charge in [-0.2, -0.15) is 8.78 Å². The van der Waals surface area contributed by atoms with Crippen molar-refractivity contribution in [1.29, 1.82) is 0 Å². The van der Waals surface area contributed by atoms with Crippen LogP contribution in [0.3, 0.4) is 0 Å². The normalized spacial score (nSPS) is 15.8. The zero-order valence-corrected chi connectivity index (χ0v) is 23.1. The van der Waals surface area contributed by atoms with Gasteiger partial charge in [-0.15, -0.1) is 0 Å². The van der Waals surface area contributed by atoms with E-state index in [1.54, 1.807) is 13.8 Å². The first kappa shape index (κ1) is 32.9. The molecule has 2 aromatic rings. The molecule has 0 bridgehead atoms. The number of nitrogens with one attached hydrogen (secondary N) is 4. The quantitative estimate of drug-likeness (QED) is 0.165. The van der Waals surface area contributed by atoms with Crippen molar-refractivity contribution in [1.82, 2.24) is 16.0 Å². The first-order valence-electron chi connectivity index (χ1n) is 13.2. The summed E-state index contributed by atoms with van der Waals surface area (Å²) in [5.74, 6) is -15.5. The van der Waals surface area contributed by atoms with Gasteiger partial charge < -0.3 is 26.0 Å². The molecule has 43 heavy (non-hydrogen) atoms. The zero-order valence-electron chi connectivity index (χ0n) is 23.1. The summed E-state index contributed by atoms with van der Waals surface area (Å²) in [5, 5.41) is 9.24. The summed E-state index contributed by atoms with van der Waals surface area (Å²) in [6, 6.07) is 2.12. The molecule has 232 valence electrons. The topological polar surface area (TPSA) is 143 Å². The Morgan fingerprint density at radius 2 is 1.58 bits per heavy atom. The van der Waals surface area contributed by atoms with Crippen LogP contribution in [-0.2, 0) is 24.0 Å². The molecule has 0 radical (unpaired) electrons. The molecule has 1 saturated heterocycles. The van der Waals surface area contributed by atoms with Crippen LogP contribution in [0, 0.1) is 40.9 Å². The summed E-state index contributed by atoms with van der Waals surface area (Å²) in [7, 11) is 0. The van der Waals surface area contributed by atoms with Crippen LogP contribution in [0.1, 0.15) is 33.1 Å². The standard InChI is InChI=1S/C28H29F5N4O6/c1-13(2)9-20(37-28(42)27(41)35-18-6-4-3-5-15(18)29)26(40)36-19(10-14-7-8-34-25(14)39)21(38)12-43-24-22(32)16(30)11-17(31)23(24)33/h3-6,11,13-14,19-20H,7-10,12H2,1-2H3,(H,34,39)(H,35,41)(H,36,40)(H,37,42)/t14-,19-,20-/m0/s1. The van der Waals surface area contributed by atoms with Crippen LogP contribution in [0.4, 0.5) is 27.6 Å². The summed E-state index contributed by atoms with van der Waals surface area (Å²) in [6.45, 7) is 2.54. The number of Topliss-reactive ketones (excluding diaryl/α,β-unsaturated/α-hetero) is 1. The number of ketones is 1. The van der Waals surface area contributed by atoms with E-state index < -0.39 is 88.9 Å². The van der Waals surface area contributed by atoms with Crippen LogP contribution in [-0.4, -0.2) is 54.6 Å². The highest BCUT2D eigenvalue weighted by molar-refractivity contribution is 6.40. The number of benzene rings is 2. The molecule has 1 aliphatic heterocycles. The summed E-state index contributed by atoms with van der Waals surface area (Å²) in [4.78, 5) is 63.4. The highest BCUT2D eigenvalue weighted by atomic mass is 19.2. The van der Waals surface area contributed by atoms with Crippen molar-refractivity contribution in [3.8, 4) is 5.75 Å². The Hall–Kier alpha value is -4.56. The monoisotopic (exact) mass is 612 g/mol. The average molecular weight is 613 g/mol. The molecule has 0 saturated carbocycles. The first-order chi connectivity index (χ1) is 20.3. The number of rotatable bonds is 12. The third kappa shape index (κ3) is 8.72. The summed E-state index contributed by atoms with van der Waals surface area (Å²) in [5.41, 5.74) is -0.279. The molecule has 4 amide bonds. The summed E-state index contributed by atoms with van der Waals surface area (Å²) < 4.78 is 73.8. The van der Waals surface area contributed by atoms with Gasteiger partial charge in [-0.1, -0.05) is 26.0 Å². The van der Waals surface area contributed by atoms with Crippen LogP contribution >= 0.6 is 0 Å². The second kappa shape index (κ2) is 14.6. The van der Waals surface area contributed by atoms with E-state index in [4.69, 9.17) is 4.74 Å². The SMILES string of the molecule is CC(C)C[C@H](NC(=O)C(=O)Nc1ccccc1F)C(=O)N[C@@H](C[C@@H]1CCNC1=O)C(=O)COc1c(F)c(F)cc(F)c1F. The molecule has 0 unspecified atom stereocenters. The Morgan fingerprint density at radius 3 is 2.16 bits per heavy atom. The summed E-state index contributed by atoms with van der Waals surface area (Å²) >= 11 is 0. The highest BCUT2D eigenvalue weighted by Gasteiger charge is 2.34. The molecule has 1 fully saturated rings. The molecule has 15 heteroatoms. The number of para-hydroxylation sites is 1. The van der Waals surface area contributed by atoms with Crippen molar-refractivity contribution in [3.05, 3.63) is 59.4 Å². The van der Waals surface area contributed by atoms with Gasteiger partial charge in [0.1, 0.15) is 18.5 Å². The molecular formula is C28H29F5N4O6. The number of carbonyl (C=O) groups excluding carboxylic acids is 5. The predicted molar refractivity (Wildman–Crippen MR) is 141 cm³/mol. The Morgan fingerprint density at radius 1 is 0.930 bits per heavy atom. The zero-order chi connectivity index (χ0) is 31.8. The van der Waals surface area contributed by atoms with Crippen molar-refractivity contribution < 1.29 is 50.7 Å². The molecule has 2 aromatic carbocycles. The second-order valence-corrected chi connectivity index (χ2v) is 10.2. The molecule has 0 aromatic heterocycles. The van der Waals surface area contributed by atoms with E-state index in [0.717, 1.165) is 6.07 Å². The van der Waals surface area contributed by atoms with Gasteiger partial charge in [0.25, 0.3) is 0 Å². The molecule has 4 N–H and O–H groups in total. The smallest absolute Gasteiger partial charge is 0.313 e. The van der Waals surface area contributed by atoms with E-state index in [1.807, 2.05) is 0 Å². The van der Waals surface area contributed by atoms with Gasteiger partial charge in [-0.3, -0.25) is 24.0 Å². The molecule has 3 atom stereocenters. The average Bonchev–Trinajstić information content (AvgIpc) is 3.35. The number of anilines is 1. The van der Waals surface area contributed by atoms with Crippen molar-refractivity contribution >= 4 is 35.1 Å². The largest absolute Gasteiger partial charge is 0.479 e. The molecule has 3 rings (SSSR count). The van der Waals surface area contributed by atoms with Gasteiger partial charge in [-0.25, -0.2) is 13.2 Å². The lowest BCUT2D eigenvalue weighted by Gasteiger charge is -2.25. The van der Waals surface area contributed by atoms with Gasteiger partial charge in [0.15, 0.2) is 23.2 Å². The Kier molecular flexibility index (Phi) is 11.2. The maximum absolute atomic E-state index is 14.0. The maximum atomic E-state index is 14.0. The van der Waals surface area contributed by atoms with Crippen LogP contribution < -0.4 is 26.0 Å². The number of hydrogen-bond acceptors (Lipinski definition) is 6. The highest BCUT2D eigenvalue weighted by Crippen LogP contribution is 2.27. The minimum absolute atomic E-state index is 0.0229. The maximum Gasteiger partial charge on any atom is 0.313 e. The Balaban J connectivity index is 1.76. The molecule has 0 aliphatic carbocycles. The van der Waals surface area contributed by atoms with E-state index >= 15 is 0 Å². The molecule has 1 aliphatic rings. The summed E-state index contributed by atoms with van der Waals surface area (Å²) in [6.07, 6.45) is -0.0106. The Labute approximate surface area is 242 Å². The van der Waals surface area contributed by atoms with Crippen LogP contribution in [0.5, 0.6) is 5.75 Å². The van der Waals surface area contributed by atoms with Gasteiger partial charge in [0.2, 0.25) is 23.4 Å². The fourth-order valence-electron chi connectivity index (χ4n) is 4.29. The minimum Gasteiger partial charge on any atom is -0.479 e. The number of ether oxygens (including phenoxy) is 1. The van der Waals surface area contributed by atoms with E-state index in [2.05, 4.69) is 21.3 Å². The lowest BCUT2D eigenvalue weighted by molar-refractivity contribution is -0.138. The van der Waals surface area contributed by atoms with Crippen molar-refractivity contribution in [3.63, 3.8) is 0 Å². The fraction of sp³-hybridized carbons (Fsp3) is 0.393. The van der Waals surface area contributed by atoms with E-state index in [1.165, 1.54) is 18.2 Å². The van der Waals surface area contributed by atoms with Gasteiger partial charge >= 0.3 is 11.8 Å². The number of hydrogen-bond donors (Lipinski definition) is 4. The molecule has 10 nitrogen and oxygen atoms in total. The van der Waals surface area contributed by atoms with E-state index in [9.17, 15) is 45.9 Å². The predicted octanol–water partition coefficient (Wildman–Crippen LogP) is 2.51. The Bertz CT molecular complexity index is 1380. The minimum atomic E-state index is -1.88. The van der Waals surface area contributed by atoms with Gasteiger partial charge in [0.05, 0.1) is 11.7 Å². The van der Waals surface area contributed by atoms with E-state index in [0.29, 0.717) is 6.42 Å². The second-order valence-electron chi connectivity index (χ2n) is 10.2. The van der Waals surface area contributed by atoms with Crippen molar-refractivity contribution in [2.24, 2.45) is 11.8 Å². The van der Waals surface area contributed by atoms with Crippen LogP contribution in [0.15, 0.2) is 30.3 Å². The fourth-order valence-corrected chi connectivity index (χ4v) is 4.29. The van der Waals surface area contributed by atoms with Gasteiger partial charge in [0, 0.05) is 18.5 Å². The van der Waals surface area contributed by atoms with Crippen LogP contribution in [0.25, 0.3) is 0 Å². The first-order valence-corrected chi connectivity index (χ1v) is 13.2. The number of halogens is 5. The lowest BCUT2D eigenvalue weighted by Crippen LogP contribution is -2.54. The van der Waals surface area contributed by atoms with Crippen molar-refractivity contribution in [2.75, 3.05) is 18.5 Å². The third-order valence-corrected chi connectivity index (χ3v) is 6.48. The number of amides is 4. The molecule has 0 spiro atoms. The molecule has 1 heterocycles.